The molecule has 0 spiro atoms. The van der Waals surface area contributed by atoms with E-state index < -0.39 is 0 Å². The number of hydrogen-bond acceptors (Lipinski definition) is 1. The Hall–Kier alpha value is -0.300. The molecular formula is C11H18O. The van der Waals surface area contributed by atoms with E-state index in [1.807, 2.05) is 0 Å². The van der Waals surface area contributed by atoms with Crippen molar-refractivity contribution in [2.45, 2.75) is 51.0 Å². The SMILES string of the molecule is OC1CCC(C=C2CCCC2)C1. The summed E-state index contributed by atoms with van der Waals surface area (Å²) in [7, 11) is 0. The summed E-state index contributed by atoms with van der Waals surface area (Å²) < 4.78 is 0. The van der Waals surface area contributed by atoms with E-state index in [0.29, 0.717) is 5.92 Å². The van der Waals surface area contributed by atoms with Crippen LogP contribution < -0.4 is 0 Å². The summed E-state index contributed by atoms with van der Waals surface area (Å²) in [5, 5.41) is 9.34. The minimum Gasteiger partial charge on any atom is -0.393 e. The molecule has 2 atom stereocenters. The van der Waals surface area contributed by atoms with E-state index in [1.54, 1.807) is 5.57 Å². The number of hydrogen-bond donors (Lipinski definition) is 1. The first-order chi connectivity index (χ1) is 5.84. The molecule has 0 aromatic rings. The third-order valence-corrected chi connectivity index (χ3v) is 3.16. The average molecular weight is 166 g/mol. The van der Waals surface area contributed by atoms with Gasteiger partial charge in [0.2, 0.25) is 0 Å². The maximum absolute atomic E-state index is 9.34. The van der Waals surface area contributed by atoms with Crippen LogP contribution in [0.25, 0.3) is 0 Å². The van der Waals surface area contributed by atoms with Crippen LogP contribution in [0.2, 0.25) is 0 Å². The molecule has 2 aliphatic carbocycles. The zero-order valence-electron chi connectivity index (χ0n) is 7.63. The van der Waals surface area contributed by atoms with E-state index in [0.717, 1.165) is 12.8 Å². The molecule has 1 nitrogen and oxygen atoms in total. The molecule has 2 saturated carbocycles. The molecule has 0 aliphatic heterocycles. The van der Waals surface area contributed by atoms with Crippen LogP contribution in [-0.4, -0.2) is 11.2 Å². The highest BCUT2D eigenvalue weighted by Gasteiger charge is 2.21. The van der Waals surface area contributed by atoms with Crippen LogP contribution in [0.3, 0.4) is 0 Å². The van der Waals surface area contributed by atoms with Gasteiger partial charge in [-0.3, -0.25) is 0 Å². The van der Waals surface area contributed by atoms with Crippen LogP contribution in [0.4, 0.5) is 0 Å². The normalized spacial score (nSPS) is 35.9. The standard InChI is InChI=1S/C11H18O/c12-11-6-5-10(8-11)7-9-3-1-2-4-9/h7,10-12H,1-6,8H2. The van der Waals surface area contributed by atoms with Gasteiger partial charge in [0.1, 0.15) is 0 Å². The second-order valence-corrected chi connectivity index (χ2v) is 4.26. The largest absolute Gasteiger partial charge is 0.393 e. The van der Waals surface area contributed by atoms with E-state index in [9.17, 15) is 5.11 Å². The Bertz CT molecular complexity index is 175. The predicted molar refractivity (Wildman–Crippen MR) is 49.9 cm³/mol. The predicted octanol–water partition coefficient (Wildman–Crippen LogP) is 2.65. The van der Waals surface area contributed by atoms with Crippen molar-refractivity contribution in [3.05, 3.63) is 11.6 Å². The Labute approximate surface area is 74.5 Å². The van der Waals surface area contributed by atoms with E-state index in [4.69, 9.17) is 0 Å². The van der Waals surface area contributed by atoms with Gasteiger partial charge in [0.25, 0.3) is 0 Å². The number of aliphatic hydroxyl groups is 1. The number of aliphatic hydroxyl groups excluding tert-OH is 1. The summed E-state index contributed by atoms with van der Waals surface area (Å²) in [6.45, 7) is 0. The summed E-state index contributed by atoms with van der Waals surface area (Å²) in [6.07, 6.45) is 11.1. The van der Waals surface area contributed by atoms with Gasteiger partial charge in [0.05, 0.1) is 6.10 Å². The summed E-state index contributed by atoms with van der Waals surface area (Å²) in [4.78, 5) is 0. The van der Waals surface area contributed by atoms with Crippen LogP contribution in [0.15, 0.2) is 11.6 Å². The van der Waals surface area contributed by atoms with Gasteiger partial charge < -0.3 is 5.11 Å². The van der Waals surface area contributed by atoms with Gasteiger partial charge in [-0.15, -0.1) is 0 Å². The summed E-state index contributed by atoms with van der Waals surface area (Å²) in [5.41, 5.74) is 1.66. The molecule has 1 heteroatoms. The zero-order valence-corrected chi connectivity index (χ0v) is 7.63. The van der Waals surface area contributed by atoms with Crippen molar-refractivity contribution in [2.75, 3.05) is 0 Å². The minimum absolute atomic E-state index is 0.00625. The molecule has 0 radical (unpaired) electrons. The van der Waals surface area contributed by atoms with Gasteiger partial charge in [-0.25, -0.2) is 0 Å². The highest BCUT2D eigenvalue weighted by atomic mass is 16.3. The lowest BCUT2D eigenvalue weighted by molar-refractivity contribution is 0.180. The van der Waals surface area contributed by atoms with Crippen molar-refractivity contribution < 1.29 is 5.11 Å². The molecule has 2 unspecified atom stereocenters. The van der Waals surface area contributed by atoms with Gasteiger partial charge in [-0.05, 0) is 50.9 Å². The Morgan fingerprint density at radius 2 is 1.92 bits per heavy atom. The van der Waals surface area contributed by atoms with Gasteiger partial charge >= 0.3 is 0 Å². The summed E-state index contributed by atoms with van der Waals surface area (Å²) >= 11 is 0. The molecule has 2 aliphatic rings. The van der Waals surface area contributed by atoms with E-state index in [2.05, 4.69) is 6.08 Å². The maximum atomic E-state index is 9.34. The molecule has 0 amide bonds. The van der Waals surface area contributed by atoms with Crippen LogP contribution in [0, 0.1) is 5.92 Å². The maximum Gasteiger partial charge on any atom is 0.0546 e. The topological polar surface area (TPSA) is 20.2 Å². The summed E-state index contributed by atoms with van der Waals surface area (Å²) in [5.74, 6) is 0.702. The van der Waals surface area contributed by atoms with Crippen molar-refractivity contribution in [3.8, 4) is 0 Å². The smallest absolute Gasteiger partial charge is 0.0546 e. The molecule has 2 rings (SSSR count). The number of allylic oxidation sites excluding steroid dienone is 2. The van der Waals surface area contributed by atoms with Crippen LogP contribution in [-0.2, 0) is 0 Å². The molecular weight excluding hydrogens is 148 g/mol. The first-order valence-corrected chi connectivity index (χ1v) is 5.22. The quantitative estimate of drug-likeness (QED) is 0.594. The third-order valence-electron chi connectivity index (χ3n) is 3.16. The first-order valence-electron chi connectivity index (χ1n) is 5.22. The fourth-order valence-corrected chi connectivity index (χ4v) is 2.47. The number of rotatable bonds is 1. The van der Waals surface area contributed by atoms with Crippen molar-refractivity contribution in [1.29, 1.82) is 0 Å². The molecule has 2 fully saturated rings. The third kappa shape index (κ3) is 1.89. The molecule has 1 N–H and O–H groups in total. The van der Waals surface area contributed by atoms with Crippen LogP contribution >= 0.6 is 0 Å². The summed E-state index contributed by atoms with van der Waals surface area (Å²) in [6, 6.07) is 0. The first kappa shape index (κ1) is 8.31. The van der Waals surface area contributed by atoms with Gasteiger partial charge in [0, 0.05) is 0 Å². The Morgan fingerprint density at radius 1 is 1.17 bits per heavy atom. The zero-order chi connectivity index (χ0) is 8.39. The lowest BCUT2D eigenvalue weighted by Crippen LogP contribution is -1.98. The van der Waals surface area contributed by atoms with Crippen molar-refractivity contribution in [1.82, 2.24) is 0 Å². The minimum atomic E-state index is -0.00625. The second-order valence-electron chi connectivity index (χ2n) is 4.26. The molecule has 0 aromatic carbocycles. The lowest BCUT2D eigenvalue weighted by atomic mass is 10.0. The molecule has 0 bridgehead atoms. The van der Waals surface area contributed by atoms with Crippen molar-refractivity contribution >= 4 is 0 Å². The van der Waals surface area contributed by atoms with Crippen molar-refractivity contribution in [2.24, 2.45) is 5.92 Å². The molecule has 0 aromatic heterocycles. The van der Waals surface area contributed by atoms with Crippen molar-refractivity contribution in [3.63, 3.8) is 0 Å². The average Bonchev–Trinajstić information content (AvgIpc) is 2.63. The second kappa shape index (κ2) is 3.61. The van der Waals surface area contributed by atoms with E-state index in [1.165, 1.54) is 32.1 Å². The van der Waals surface area contributed by atoms with Crippen LogP contribution in [0.5, 0.6) is 0 Å². The Kier molecular flexibility index (Phi) is 2.50. The van der Waals surface area contributed by atoms with E-state index >= 15 is 0 Å². The molecule has 0 saturated heterocycles. The molecule has 12 heavy (non-hydrogen) atoms. The van der Waals surface area contributed by atoms with Crippen LogP contribution in [0.1, 0.15) is 44.9 Å². The van der Waals surface area contributed by atoms with Gasteiger partial charge in [-0.1, -0.05) is 11.6 Å². The Morgan fingerprint density at radius 3 is 2.50 bits per heavy atom. The lowest BCUT2D eigenvalue weighted by Gasteiger charge is -2.04. The highest BCUT2D eigenvalue weighted by Crippen LogP contribution is 2.31. The van der Waals surface area contributed by atoms with Gasteiger partial charge in [-0.2, -0.15) is 0 Å². The fourth-order valence-electron chi connectivity index (χ4n) is 2.47. The molecule has 0 heterocycles. The Balaban J connectivity index is 1.89. The van der Waals surface area contributed by atoms with E-state index in [-0.39, 0.29) is 6.10 Å². The molecule has 68 valence electrons. The fraction of sp³-hybridized carbons (Fsp3) is 0.818. The monoisotopic (exact) mass is 166 g/mol. The van der Waals surface area contributed by atoms with Gasteiger partial charge in [0.15, 0.2) is 0 Å². The highest BCUT2D eigenvalue weighted by molar-refractivity contribution is 5.09.